The van der Waals surface area contributed by atoms with Crippen LogP contribution in [0.15, 0.2) is 11.6 Å². The van der Waals surface area contributed by atoms with E-state index in [2.05, 4.69) is 13.8 Å². The zero-order valence-electron chi connectivity index (χ0n) is 27.3. The Kier molecular flexibility index (Phi) is 8.50. The van der Waals surface area contributed by atoms with Gasteiger partial charge in [-0.25, -0.2) is 4.79 Å². The van der Waals surface area contributed by atoms with E-state index in [9.17, 15) is 25.2 Å². The second-order valence-corrected chi connectivity index (χ2v) is 16.0. The average molecular weight is 635 g/mol. The molecule has 0 radical (unpaired) electrons. The summed E-state index contributed by atoms with van der Waals surface area (Å²) in [5, 5.41) is 44.7. The number of ether oxygens (including phenoxy) is 5. The maximum absolute atomic E-state index is 12.5. The molecule has 0 aromatic rings. The molecule has 4 saturated carbocycles. The first-order valence-electron chi connectivity index (χ1n) is 17.6. The van der Waals surface area contributed by atoms with Crippen LogP contribution in [0, 0.1) is 34.5 Å². The van der Waals surface area contributed by atoms with Crippen LogP contribution < -0.4 is 0 Å². The van der Waals surface area contributed by atoms with Crippen LogP contribution in [0.2, 0.25) is 0 Å². The molecule has 254 valence electrons. The van der Waals surface area contributed by atoms with Crippen molar-refractivity contribution in [3.8, 4) is 0 Å². The molecule has 6 fully saturated rings. The maximum atomic E-state index is 12.5. The Morgan fingerprint density at radius 1 is 0.844 bits per heavy atom. The Morgan fingerprint density at radius 3 is 2.38 bits per heavy atom. The van der Waals surface area contributed by atoms with Crippen molar-refractivity contribution in [2.75, 3.05) is 6.61 Å². The van der Waals surface area contributed by atoms with Crippen LogP contribution in [0.1, 0.15) is 98.3 Å². The second-order valence-electron chi connectivity index (χ2n) is 16.0. The number of aliphatic hydroxyl groups is 4. The zero-order chi connectivity index (χ0) is 31.9. The molecular formula is C35H54O10. The number of carbonyl (C=O) groups is 1. The van der Waals surface area contributed by atoms with Gasteiger partial charge < -0.3 is 44.1 Å². The molecule has 10 heteroatoms. The molecule has 4 aliphatic carbocycles. The number of hydrogen-bond donors (Lipinski definition) is 4. The fourth-order valence-electron chi connectivity index (χ4n) is 11.2. The van der Waals surface area contributed by atoms with E-state index in [4.69, 9.17) is 23.7 Å². The smallest absolute Gasteiger partial charge is 0.331 e. The summed E-state index contributed by atoms with van der Waals surface area (Å²) in [5.41, 5.74) is 0.186. The fourth-order valence-corrected chi connectivity index (χ4v) is 11.2. The van der Waals surface area contributed by atoms with Crippen molar-refractivity contribution in [1.82, 2.24) is 0 Å². The van der Waals surface area contributed by atoms with E-state index in [0.717, 1.165) is 63.4 Å². The highest BCUT2D eigenvalue weighted by atomic mass is 16.7. The van der Waals surface area contributed by atoms with Crippen LogP contribution in [0.25, 0.3) is 0 Å². The van der Waals surface area contributed by atoms with Crippen molar-refractivity contribution in [1.29, 1.82) is 0 Å². The quantitative estimate of drug-likeness (QED) is 0.263. The Labute approximate surface area is 266 Å². The van der Waals surface area contributed by atoms with Crippen LogP contribution >= 0.6 is 0 Å². The third-order valence-corrected chi connectivity index (χ3v) is 14.0. The van der Waals surface area contributed by atoms with Gasteiger partial charge in [0, 0.05) is 17.9 Å². The molecule has 45 heavy (non-hydrogen) atoms. The number of esters is 1. The van der Waals surface area contributed by atoms with Crippen molar-refractivity contribution in [2.45, 2.75) is 159 Å². The highest BCUT2D eigenvalue weighted by molar-refractivity contribution is 5.85. The molecule has 0 bridgehead atoms. The molecule has 0 amide bonds. The summed E-state index contributed by atoms with van der Waals surface area (Å²) >= 11 is 0. The van der Waals surface area contributed by atoms with Gasteiger partial charge in [0.1, 0.15) is 24.9 Å². The van der Waals surface area contributed by atoms with Crippen LogP contribution in [0.3, 0.4) is 0 Å². The lowest BCUT2D eigenvalue weighted by Crippen LogP contribution is -2.63. The van der Waals surface area contributed by atoms with Gasteiger partial charge in [0.15, 0.2) is 12.6 Å². The number of rotatable bonds is 5. The summed E-state index contributed by atoms with van der Waals surface area (Å²) in [7, 11) is 0. The summed E-state index contributed by atoms with van der Waals surface area (Å²) in [4.78, 5) is 11.9. The standard InChI is InChI=1S/C35H54O10/c1-18-26(36)7-8-28(42-18)45-31-29(38)19(2)43-32(30(31)39)44-22-9-12-33(3)21(16-22)5-6-25-24(33)10-13-34(4)23(11-14-35(25,34)40)20-15-27(37)41-17-20/h15,18-19,21-26,28-32,36,38-40H,5-14,16-17H2,1-4H3/t18-,19?,21+,22-,23+,24?,25?,26-,28?,29-,30-,31-,32?,33?,34?,35-/m0/s1. The molecule has 7 unspecified atom stereocenters. The van der Waals surface area contributed by atoms with Gasteiger partial charge in [-0.3, -0.25) is 0 Å². The predicted molar refractivity (Wildman–Crippen MR) is 161 cm³/mol. The lowest BCUT2D eigenvalue weighted by Gasteiger charge is -2.64. The lowest BCUT2D eigenvalue weighted by atomic mass is 9.43. The van der Waals surface area contributed by atoms with Crippen molar-refractivity contribution < 1.29 is 48.9 Å². The van der Waals surface area contributed by atoms with Gasteiger partial charge in [-0.15, -0.1) is 0 Å². The van der Waals surface area contributed by atoms with Gasteiger partial charge in [-0.2, -0.15) is 0 Å². The molecule has 3 aliphatic heterocycles. The largest absolute Gasteiger partial charge is 0.458 e. The lowest BCUT2D eigenvalue weighted by molar-refractivity contribution is -0.340. The Bertz CT molecular complexity index is 1160. The molecule has 2 saturated heterocycles. The molecule has 10 nitrogen and oxygen atoms in total. The van der Waals surface area contributed by atoms with E-state index in [0.29, 0.717) is 31.3 Å². The maximum Gasteiger partial charge on any atom is 0.331 e. The van der Waals surface area contributed by atoms with Gasteiger partial charge in [-0.05, 0) is 113 Å². The Balaban J connectivity index is 1.00. The number of aliphatic hydroxyl groups excluding tert-OH is 3. The van der Waals surface area contributed by atoms with Crippen LogP contribution in [0.4, 0.5) is 0 Å². The summed E-state index contributed by atoms with van der Waals surface area (Å²) < 4.78 is 29.6. The van der Waals surface area contributed by atoms with Crippen LogP contribution in [0.5, 0.6) is 0 Å². The van der Waals surface area contributed by atoms with Gasteiger partial charge >= 0.3 is 5.97 Å². The van der Waals surface area contributed by atoms with Crippen molar-refractivity contribution in [2.24, 2.45) is 34.5 Å². The molecule has 0 aromatic carbocycles. The number of fused-ring (bicyclic) bond motifs is 5. The van der Waals surface area contributed by atoms with Crippen molar-refractivity contribution >= 4 is 5.97 Å². The highest BCUT2D eigenvalue weighted by Crippen LogP contribution is 2.70. The highest BCUT2D eigenvalue weighted by Gasteiger charge is 2.67. The third-order valence-electron chi connectivity index (χ3n) is 14.0. The summed E-state index contributed by atoms with van der Waals surface area (Å²) in [6.45, 7) is 8.62. The molecule has 0 aromatic heterocycles. The second kappa shape index (κ2) is 11.8. The SMILES string of the molecule is CC1OC(O[C@H]2CCC3(C)C4CCC5(C)[C@@H](C6=CC(=O)OC6)CC[C@]5(O)C4CC[C@@H]3C2)[C@@H](O)[C@@H](OC2CC[C@H](O)[C@H](C)O2)[C@H]1O. The molecule has 7 rings (SSSR count). The van der Waals surface area contributed by atoms with Gasteiger partial charge in [0.2, 0.25) is 0 Å². The molecule has 7 aliphatic rings. The van der Waals surface area contributed by atoms with Gasteiger partial charge in [0.05, 0.1) is 30.0 Å². The van der Waals surface area contributed by atoms with E-state index in [1.807, 2.05) is 0 Å². The summed E-state index contributed by atoms with van der Waals surface area (Å²) in [5.74, 6) is 1.07. The van der Waals surface area contributed by atoms with E-state index in [1.165, 1.54) is 0 Å². The van der Waals surface area contributed by atoms with Gasteiger partial charge in [0.25, 0.3) is 0 Å². The summed E-state index contributed by atoms with van der Waals surface area (Å²) in [6, 6.07) is 0. The topological polar surface area (TPSA) is 144 Å². The number of carbonyl (C=O) groups excluding carboxylic acids is 1. The molecule has 3 heterocycles. The number of cyclic esters (lactones) is 1. The normalized spacial score (nSPS) is 54.9. The first-order valence-corrected chi connectivity index (χ1v) is 17.6. The van der Waals surface area contributed by atoms with Crippen molar-refractivity contribution in [3.05, 3.63) is 11.6 Å². The van der Waals surface area contributed by atoms with E-state index >= 15 is 0 Å². The molecule has 16 atom stereocenters. The van der Waals surface area contributed by atoms with Crippen LogP contribution in [-0.4, -0.2) is 93.9 Å². The minimum Gasteiger partial charge on any atom is -0.458 e. The minimum atomic E-state index is -1.18. The first kappa shape index (κ1) is 32.4. The molecular weight excluding hydrogens is 580 g/mol. The van der Waals surface area contributed by atoms with Gasteiger partial charge in [-0.1, -0.05) is 13.8 Å². The Hall–Kier alpha value is -1.11. The van der Waals surface area contributed by atoms with Crippen molar-refractivity contribution in [3.63, 3.8) is 0 Å². The predicted octanol–water partition coefficient (Wildman–Crippen LogP) is 3.37. The van der Waals surface area contributed by atoms with E-state index < -0.39 is 48.7 Å². The van der Waals surface area contributed by atoms with E-state index in [-0.39, 0.29) is 40.8 Å². The fraction of sp³-hybridized carbons (Fsp3) is 0.914. The van der Waals surface area contributed by atoms with Crippen LogP contribution in [-0.2, 0) is 28.5 Å². The third kappa shape index (κ3) is 5.25. The monoisotopic (exact) mass is 634 g/mol. The molecule has 0 spiro atoms. The summed E-state index contributed by atoms with van der Waals surface area (Å²) in [6.07, 6.45) is 4.86. The van der Waals surface area contributed by atoms with E-state index in [1.54, 1.807) is 19.9 Å². The average Bonchev–Trinajstić information content (AvgIpc) is 3.55. The zero-order valence-corrected chi connectivity index (χ0v) is 27.3. The Morgan fingerprint density at radius 2 is 1.64 bits per heavy atom. The first-order chi connectivity index (χ1) is 21.3. The minimum absolute atomic E-state index is 0.0805. The number of hydrogen-bond acceptors (Lipinski definition) is 10. The molecule has 4 N–H and O–H groups in total.